The van der Waals surface area contributed by atoms with Crippen LogP contribution in [0.2, 0.25) is 0 Å². The Balaban J connectivity index is 1.29. The Labute approximate surface area is 157 Å². The van der Waals surface area contributed by atoms with Gasteiger partial charge in [0.1, 0.15) is 0 Å². The molecule has 6 rings (SSSR count). The molecule has 26 heavy (non-hydrogen) atoms. The third kappa shape index (κ3) is 3.11. The first-order chi connectivity index (χ1) is 12.8. The van der Waals surface area contributed by atoms with E-state index in [9.17, 15) is 0 Å². The fourth-order valence-electron chi connectivity index (χ4n) is 6.79. The molecule has 1 N–H and O–H groups in total. The summed E-state index contributed by atoms with van der Waals surface area (Å²) < 4.78 is 2.19. The lowest BCUT2D eigenvalue weighted by molar-refractivity contribution is -0.0843. The van der Waals surface area contributed by atoms with Gasteiger partial charge in [-0.2, -0.15) is 0 Å². The van der Waals surface area contributed by atoms with Crippen molar-refractivity contribution in [3.8, 4) is 0 Å². The molecule has 0 aliphatic heterocycles. The first-order valence-electron chi connectivity index (χ1n) is 10.5. The van der Waals surface area contributed by atoms with Crippen LogP contribution in [0.4, 0.5) is 0 Å². The molecule has 2 aromatic rings. The molecule has 3 heteroatoms. The number of nitrogens with zero attached hydrogens (tertiary/aromatic N) is 2. The lowest BCUT2D eigenvalue weighted by atomic mass is 9.46. The number of hydrogen-bond acceptors (Lipinski definition) is 2. The van der Waals surface area contributed by atoms with Gasteiger partial charge in [0.2, 0.25) is 0 Å². The molecule has 4 aliphatic rings. The van der Waals surface area contributed by atoms with Gasteiger partial charge < -0.3 is 9.88 Å². The SMILES string of the molecule is c1ccc(CC23CC4CC(CC(C4)C2NCCCn2ccnc2)C3)cc1. The van der Waals surface area contributed by atoms with Crippen LogP contribution in [0.25, 0.3) is 0 Å². The molecule has 0 spiro atoms. The van der Waals surface area contributed by atoms with Crippen LogP contribution in [0.1, 0.15) is 44.1 Å². The summed E-state index contributed by atoms with van der Waals surface area (Å²) in [7, 11) is 0. The second-order valence-electron chi connectivity index (χ2n) is 9.22. The number of imidazole rings is 1. The van der Waals surface area contributed by atoms with Crippen molar-refractivity contribution in [3.05, 3.63) is 54.6 Å². The topological polar surface area (TPSA) is 29.9 Å². The van der Waals surface area contributed by atoms with E-state index in [-0.39, 0.29) is 0 Å². The predicted octanol–water partition coefficient (Wildman–Crippen LogP) is 4.30. The van der Waals surface area contributed by atoms with Crippen molar-refractivity contribution in [2.24, 2.45) is 23.2 Å². The summed E-state index contributed by atoms with van der Waals surface area (Å²) >= 11 is 0. The lowest BCUT2D eigenvalue weighted by Crippen LogP contribution is -2.62. The molecule has 4 bridgehead atoms. The van der Waals surface area contributed by atoms with E-state index in [1.54, 1.807) is 5.56 Å². The molecule has 4 saturated carbocycles. The fourth-order valence-corrected chi connectivity index (χ4v) is 6.79. The monoisotopic (exact) mass is 349 g/mol. The zero-order valence-corrected chi connectivity index (χ0v) is 15.7. The maximum atomic E-state index is 4.15. The van der Waals surface area contributed by atoms with Crippen molar-refractivity contribution >= 4 is 0 Å². The molecule has 4 fully saturated rings. The summed E-state index contributed by atoms with van der Waals surface area (Å²) in [5, 5.41) is 4.05. The van der Waals surface area contributed by atoms with Gasteiger partial charge in [-0.05, 0) is 80.2 Å². The minimum absolute atomic E-state index is 0.505. The Hall–Kier alpha value is -1.61. The molecule has 4 aliphatic carbocycles. The number of aryl methyl sites for hydroxylation is 1. The maximum absolute atomic E-state index is 4.15. The van der Waals surface area contributed by atoms with E-state index in [4.69, 9.17) is 0 Å². The minimum atomic E-state index is 0.505. The van der Waals surface area contributed by atoms with E-state index < -0.39 is 0 Å². The first kappa shape index (κ1) is 16.6. The summed E-state index contributed by atoms with van der Waals surface area (Å²) in [6.07, 6.45) is 15.7. The van der Waals surface area contributed by atoms with E-state index in [0.717, 1.165) is 36.9 Å². The highest BCUT2D eigenvalue weighted by molar-refractivity contribution is 5.20. The van der Waals surface area contributed by atoms with Gasteiger partial charge >= 0.3 is 0 Å². The number of benzene rings is 1. The van der Waals surface area contributed by atoms with Gasteiger partial charge in [0.25, 0.3) is 0 Å². The number of rotatable bonds is 7. The van der Waals surface area contributed by atoms with Gasteiger partial charge in [0.05, 0.1) is 6.33 Å². The zero-order valence-electron chi connectivity index (χ0n) is 15.7. The van der Waals surface area contributed by atoms with Crippen molar-refractivity contribution in [1.82, 2.24) is 14.9 Å². The van der Waals surface area contributed by atoms with Crippen LogP contribution in [0.3, 0.4) is 0 Å². The van der Waals surface area contributed by atoms with Crippen LogP contribution in [-0.2, 0) is 13.0 Å². The zero-order chi connectivity index (χ0) is 17.4. The summed E-state index contributed by atoms with van der Waals surface area (Å²) in [5.41, 5.74) is 2.05. The van der Waals surface area contributed by atoms with Gasteiger partial charge in [0.15, 0.2) is 0 Å². The van der Waals surface area contributed by atoms with Crippen molar-refractivity contribution in [2.75, 3.05) is 6.54 Å². The molecule has 1 heterocycles. The third-order valence-corrected chi connectivity index (χ3v) is 7.38. The highest BCUT2D eigenvalue weighted by Gasteiger charge is 2.56. The van der Waals surface area contributed by atoms with Crippen LogP contribution in [0.15, 0.2) is 49.1 Å². The quantitative estimate of drug-likeness (QED) is 0.755. The van der Waals surface area contributed by atoms with Crippen LogP contribution in [-0.4, -0.2) is 22.1 Å². The van der Waals surface area contributed by atoms with Gasteiger partial charge in [-0.15, -0.1) is 0 Å². The molecule has 3 atom stereocenters. The smallest absolute Gasteiger partial charge is 0.0945 e. The third-order valence-electron chi connectivity index (χ3n) is 7.38. The van der Waals surface area contributed by atoms with Crippen molar-refractivity contribution in [3.63, 3.8) is 0 Å². The van der Waals surface area contributed by atoms with Crippen LogP contribution < -0.4 is 5.32 Å². The van der Waals surface area contributed by atoms with Crippen molar-refractivity contribution < 1.29 is 0 Å². The van der Waals surface area contributed by atoms with Crippen LogP contribution >= 0.6 is 0 Å². The molecular weight excluding hydrogens is 318 g/mol. The molecule has 3 unspecified atom stereocenters. The average Bonchev–Trinajstić information content (AvgIpc) is 3.14. The minimum Gasteiger partial charge on any atom is -0.337 e. The Kier molecular flexibility index (Phi) is 4.36. The molecule has 138 valence electrons. The number of nitrogens with one attached hydrogen (secondary N) is 1. The van der Waals surface area contributed by atoms with Crippen molar-refractivity contribution in [2.45, 2.75) is 57.5 Å². The van der Waals surface area contributed by atoms with E-state index in [1.807, 2.05) is 12.5 Å². The van der Waals surface area contributed by atoms with Gasteiger partial charge in [-0.25, -0.2) is 4.98 Å². The molecule has 3 nitrogen and oxygen atoms in total. The van der Waals surface area contributed by atoms with E-state index in [2.05, 4.69) is 51.4 Å². The Bertz CT molecular complexity index is 694. The van der Waals surface area contributed by atoms with E-state index in [1.165, 1.54) is 44.9 Å². The second kappa shape index (κ2) is 6.84. The molecular formula is C23H31N3. The predicted molar refractivity (Wildman–Crippen MR) is 105 cm³/mol. The van der Waals surface area contributed by atoms with E-state index >= 15 is 0 Å². The highest BCUT2D eigenvalue weighted by Crippen LogP contribution is 2.61. The Morgan fingerprint density at radius 3 is 2.62 bits per heavy atom. The summed E-state index contributed by atoms with van der Waals surface area (Å²) in [6, 6.07) is 12.0. The van der Waals surface area contributed by atoms with Gasteiger partial charge in [-0.1, -0.05) is 30.3 Å². The molecule has 0 saturated heterocycles. The second-order valence-corrected chi connectivity index (χ2v) is 9.22. The fraction of sp³-hybridized carbons (Fsp3) is 0.609. The summed E-state index contributed by atoms with van der Waals surface area (Å²) in [6.45, 7) is 2.20. The molecule has 1 aromatic heterocycles. The number of hydrogen-bond donors (Lipinski definition) is 1. The Morgan fingerprint density at radius 2 is 1.88 bits per heavy atom. The normalized spacial score (nSPS) is 35.1. The molecule has 0 radical (unpaired) electrons. The highest BCUT2D eigenvalue weighted by atomic mass is 15.0. The molecule has 0 amide bonds. The maximum Gasteiger partial charge on any atom is 0.0945 e. The van der Waals surface area contributed by atoms with Crippen molar-refractivity contribution in [1.29, 1.82) is 0 Å². The summed E-state index contributed by atoms with van der Waals surface area (Å²) in [5.74, 6) is 2.92. The largest absolute Gasteiger partial charge is 0.337 e. The lowest BCUT2D eigenvalue weighted by Gasteiger charge is -2.62. The first-order valence-corrected chi connectivity index (χ1v) is 10.5. The van der Waals surface area contributed by atoms with Crippen LogP contribution in [0.5, 0.6) is 0 Å². The Morgan fingerprint density at radius 1 is 1.08 bits per heavy atom. The number of aromatic nitrogens is 2. The standard InChI is InChI=1S/C23H31N3/c1-2-5-18(6-3-1)14-23-15-19-11-20(16-23)13-21(12-19)22(23)25-7-4-9-26-10-8-24-17-26/h1-3,5-6,8,10,17,19-22,25H,4,7,9,11-16H2. The molecule has 1 aromatic carbocycles. The van der Waals surface area contributed by atoms with Gasteiger partial charge in [-0.3, -0.25) is 0 Å². The average molecular weight is 350 g/mol. The summed E-state index contributed by atoms with van der Waals surface area (Å²) in [4.78, 5) is 4.15. The van der Waals surface area contributed by atoms with Gasteiger partial charge in [0, 0.05) is 25.0 Å². The van der Waals surface area contributed by atoms with E-state index in [0.29, 0.717) is 5.41 Å². The van der Waals surface area contributed by atoms with Crippen LogP contribution in [0, 0.1) is 23.2 Å².